The van der Waals surface area contributed by atoms with Gasteiger partial charge >= 0.3 is 0 Å². The number of nitrogens with one attached hydrogen (secondary N) is 1. The van der Waals surface area contributed by atoms with Gasteiger partial charge in [0.1, 0.15) is 37.2 Å². The third-order valence-electron chi connectivity index (χ3n) is 6.57. The molecule has 0 atom stereocenters. The van der Waals surface area contributed by atoms with Crippen molar-refractivity contribution in [3.8, 4) is 11.3 Å². The molecule has 0 aliphatic carbocycles. The average molecular weight is 405 g/mol. The normalized spacial score (nSPS) is 11.1. The number of carbonyl (C=O) groups excluding carboxylic acids is 1. The van der Waals surface area contributed by atoms with Crippen LogP contribution in [0.5, 0.6) is 0 Å². The molecule has 4 rings (SSSR count). The van der Waals surface area contributed by atoms with Gasteiger partial charge in [-0.15, -0.1) is 10.2 Å². The van der Waals surface area contributed by atoms with Crippen molar-refractivity contribution in [2.75, 3.05) is 5.32 Å². The predicted octanol–water partition coefficient (Wildman–Crippen LogP) is -3.07. The summed E-state index contributed by atoms with van der Waals surface area (Å²) in [6, 6.07) is 7.86. The van der Waals surface area contributed by atoms with E-state index in [4.69, 9.17) is 0 Å². The lowest BCUT2D eigenvalue weighted by atomic mass is 9.64. The number of carbonyl (C=O) groups is 1. The number of imidazole rings is 1. The molecule has 6 nitrogen and oxygen atoms in total. The molecule has 2 heterocycles. The van der Waals surface area contributed by atoms with Gasteiger partial charge in [-0.2, -0.15) is 0 Å². The highest BCUT2D eigenvalue weighted by atomic mass is 16.1. The molecule has 1 amide bonds. The first-order valence-corrected chi connectivity index (χ1v) is 10.3. The summed E-state index contributed by atoms with van der Waals surface area (Å²) in [6.07, 6.45) is 1.86. The van der Waals surface area contributed by atoms with E-state index in [1.54, 1.807) is 0 Å². The molecule has 2 aromatic heterocycles. The van der Waals surface area contributed by atoms with Crippen LogP contribution in [-0.4, -0.2) is 57.0 Å². The van der Waals surface area contributed by atoms with Crippen molar-refractivity contribution < 1.29 is 4.79 Å². The summed E-state index contributed by atoms with van der Waals surface area (Å²) in [5.74, 6) is 1.23. The topological polar surface area (TPSA) is 72.7 Å². The summed E-state index contributed by atoms with van der Waals surface area (Å²) >= 11 is 0. The Kier molecular flexibility index (Phi) is 5.25. The molecule has 0 fully saturated rings. The first-order chi connectivity index (χ1) is 14.7. The molecule has 0 radical (unpaired) electrons. The first-order valence-electron chi connectivity index (χ1n) is 10.3. The molecular weight excluding hydrogens is 382 g/mol. The largest absolute Gasteiger partial charge is 0.331 e. The Morgan fingerprint density at radius 1 is 0.968 bits per heavy atom. The van der Waals surface area contributed by atoms with Crippen LogP contribution in [0.3, 0.4) is 0 Å². The van der Waals surface area contributed by atoms with Crippen LogP contribution in [0.15, 0.2) is 30.5 Å². The van der Waals surface area contributed by atoms with E-state index in [-0.39, 0.29) is 5.91 Å². The number of benzene rings is 2. The number of aromatic nitrogens is 4. The quantitative estimate of drug-likeness (QED) is 0.368. The van der Waals surface area contributed by atoms with Crippen LogP contribution in [0.2, 0.25) is 0 Å². The Bertz CT molecular complexity index is 1340. The van der Waals surface area contributed by atoms with Crippen LogP contribution in [0.25, 0.3) is 22.2 Å². The molecule has 0 aliphatic heterocycles. The molecule has 0 spiro atoms. The van der Waals surface area contributed by atoms with Gasteiger partial charge in [0.2, 0.25) is 0 Å². The van der Waals surface area contributed by atoms with Gasteiger partial charge in [-0.3, -0.25) is 4.79 Å². The van der Waals surface area contributed by atoms with Crippen LogP contribution in [0, 0.1) is 13.8 Å². The summed E-state index contributed by atoms with van der Waals surface area (Å²) < 4.78 is 2.05. The number of amides is 1. The number of hydrogen-bond donors (Lipinski definition) is 1. The molecule has 1 N–H and O–H groups in total. The van der Waals surface area contributed by atoms with Gasteiger partial charge in [-0.1, -0.05) is 33.5 Å². The Hall–Kier alpha value is -3.28. The first kappa shape index (κ1) is 21.0. The van der Waals surface area contributed by atoms with Crippen molar-refractivity contribution in [1.29, 1.82) is 0 Å². The number of nitrogens with zero attached hydrogens (tertiary/aromatic N) is 4. The lowest BCUT2D eigenvalue weighted by Crippen LogP contribution is -2.49. The Balaban J connectivity index is 1.71. The van der Waals surface area contributed by atoms with Crippen LogP contribution < -0.4 is 27.2 Å². The summed E-state index contributed by atoms with van der Waals surface area (Å²) in [5.41, 5.74) is 9.08. The van der Waals surface area contributed by atoms with E-state index in [9.17, 15) is 4.79 Å². The molecule has 0 saturated heterocycles. The highest BCUT2D eigenvalue weighted by Crippen LogP contribution is 2.24. The van der Waals surface area contributed by atoms with Gasteiger partial charge in [0.15, 0.2) is 5.82 Å². The van der Waals surface area contributed by atoms with Gasteiger partial charge in [-0.25, -0.2) is 4.98 Å². The van der Waals surface area contributed by atoms with E-state index in [0.717, 1.165) is 49.8 Å². The molecular formula is C21H23B4N5O. The van der Waals surface area contributed by atoms with E-state index < -0.39 is 0 Å². The number of hydrogen-bond acceptors (Lipinski definition) is 4. The maximum atomic E-state index is 13.2. The van der Waals surface area contributed by atoms with Crippen molar-refractivity contribution in [2.24, 2.45) is 7.05 Å². The fourth-order valence-electron chi connectivity index (χ4n) is 4.06. The predicted molar refractivity (Wildman–Crippen MR) is 138 cm³/mol. The van der Waals surface area contributed by atoms with Crippen LogP contribution in [0.4, 0.5) is 5.82 Å². The lowest BCUT2D eigenvalue weighted by Gasteiger charge is -2.19. The summed E-state index contributed by atoms with van der Waals surface area (Å²) in [7, 11) is 10.1. The average Bonchev–Trinajstić information content (AvgIpc) is 3.09. The minimum Gasteiger partial charge on any atom is -0.331 e. The summed E-state index contributed by atoms with van der Waals surface area (Å²) in [6.45, 7) is 4.07. The SMILES string of the molecule is Bc1c(B)c(C(=O)Nc2cc3cc(-c4cnc(C)n4C)ccc3nn2)c(B)c(B)c1C. The van der Waals surface area contributed by atoms with Gasteiger partial charge in [-0.05, 0) is 32.0 Å². The zero-order valence-electron chi connectivity index (χ0n) is 19.1. The minimum absolute atomic E-state index is 0.159. The fourth-order valence-corrected chi connectivity index (χ4v) is 4.06. The van der Waals surface area contributed by atoms with Gasteiger partial charge in [0.05, 0.1) is 17.4 Å². The number of fused-ring (bicyclic) bond motifs is 1. The molecule has 0 bridgehead atoms. The van der Waals surface area contributed by atoms with Crippen LogP contribution in [-0.2, 0) is 7.05 Å². The molecule has 0 saturated carbocycles. The summed E-state index contributed by atoms with van der Waals surface area (Å²) in [5, 5.41) is 12.4. The molecule has 31 heavy (non-hydrogen) atoms. The number of aryl methyl sites for hydroxylation is 1. The smallest absolute Gasteiger partial charge is 0.255 e. The summed E-state index contributed by atoms with van der Waals surface area (Å²) in [4.78, 5) is 17.5. The monoisotopic (exact) mass is 405 g/mol. The Morgan fingerprint density at radius 3 is 2.26 bits per heavy atom. The van der Waals surface area contributed by atoms with Crippen molar-refractivity contribution in [3.05, 3.63) is 47.4 Å². The van der Waals surface area contributed by atoms with Crippen molar-refractivity contribution >= 4 is 75.9 Å². The zero-order chi connectivity index (χ0) is 22.4. The lowest BCUT2D eigenvalue weighted by molar-refractivity contribution is 0.102. The second-order valence-corrected chi connectivity index (χ2v) is 8.21. The second-order valence-electron chi connectivity index (χ2n) is 8.21. The third kappa shape index (κ3) is 3.56. The maximum Gasteiger partial charge on any atom is 0.255 e. The van der Waals surface area contributed by atoms with E-state index in [0.29, 0.717) is 11.4 Å². The van der Waals surface area contributed by atoms with Crippen molar-refractivity contribution in [3.63, 3.8) is 0 Å². The zero-order valence-corrected chi connectivity index (χ0v) is 19.1. The molecule has 150 valence electrons. The van der Waals surface area contributed by atoms with E-state index >= 15 is 0 Å². The second kappa shape index (κ2) is 7.76. The highest BCUT2D eigenvalue weighted by molar-refractivity contribution is 6.60. The van der Waals surface area contributed by atoms with Crippen molar-refractivity contribution in [2.45, 2.75) is 13.8 Å². The van der Waals surface area contributed by atoms with E-state index in [1.165, 1.54) is 5.56 Å². The molecule has 0 unspecified atom stereocenters. The highest BCUT2D eigenvalue weighted by Gasteiger charge is 2.18. The molecule has 10 heteroatoms. The molecule has 0 aliphatic rings. The molecule has 2 aromatic carbocycles. The third-order valence-corrected chi connectivity index (χ3v) is 6.57. The standard InChI is InChI=1S/C21H23B4N5O/c1-9-17(22)19(24)16(20(25)18(9)23)21(31)27-15-7-12-6-11(4-5-13(12)28-29-15)14-8-26-10(2)30(14)3/h4-8H,22-25H2,1-3H3,(H,27,29,31). The van der Waals surface area contributed by atoms with Gasteiger partial charge in [0.25, 0.3) is 5.91 Å². The van der Waals surface area contributed by atoms with Crippen LogP contribution >= 0.6 is 0 Å². The van der Waals surface area contributed by atoms with E-state index in [2.05, 4.69) is 43.1 Å². The van der Waals surface area contributed by atoms with Gasteiger partial charge in [0, 0.05) is 23.6 Å². The minimum atomic E-state index is -0.159. The Labute approximate surface area is 185 Å². The number of rotatable bonds is 3. The maximum absolute atomic E-state index is 13.2. The van der Waals surface area contributed by atoms with Crippen molar-refractivity contribution in [1.82, 2.24) is 19.7 Å². The Morgan fingerprint density at radius 2 is 1.65 bits per heavy atom. The number of anilines is 1. The van der Waals surface area contributed by atoms with Gasteiger partial charge < -0.3 is 9.88 Å². The fraction of sp³-hybridized carbons (Fsp3) is 0.143. The van der Waals surface area contributed by atoms with E-state index in [1.807, 2.05) is 64.7 Å². The van der Waals surface area contributed by atoms with Crippen LogP contribution in [0.1, 0.15) is 21.7 Å². The molecule has 4 aromatic rings.